The average Bonchev–Trinajstić information content (AvgIpc) is 2.62. The molecule has 3 rings (SSSR count). The second-order valence-corrected chi connectivity index (χ2v) is 6.59. The van der Waals surface area contributed by atoms with Crippen LogP contribution < -0.4 is 0 Å². The van der Waals surface area contributed by atoms with Crippen molar-refractivity contribution in [2.45, 2.75) is 0 Å². The number of rotatable bonds is 2. The highest BCUT2D eigenvalue weighted by atomic mass is 127. The fourth-order valence-electron chi connectivity index (χ4n) is 2.68. The topological polar surface area (TPSA) is 40.6 Å². The number of halogens is 1. The summed E-state index contributed by atoms with van der Waals surface area (Å²) in [7, 11) is 0. The van der Waals surface area contributed by atoms with Crippen LogP contribution in [0.4, 0.5) is 0 Å². The van der Waals surface area contributed by atoms with Crippen LogP contribution >= 0.6 is 22.6 Å². The first-order chi connectivity index (χ1) is 11.2. The SMILES string of the molecule is O=C(c1ccccc1)N1CCN(C(=O)c2ccccc2I)CC1. The molecule has 0 N–H and O–H groups in total. The van der Waals surface area contributed by atoms with Gasteiger partial charge in [-0.1, -0.05) is 30.3 Å². The third-order valence-corrected chi connectivity index (χ3v) is 4.92. The van der Waals surface area contributed by atoms with Crippen LogP contribution in [0.15, 0.2) is 54.6 Å². The molecule has 2 amide bonds. The van der Waals surface area contributed by atoms with E-state index in [0.717, 1.165) is 9.13 Å². The normalized spacial score (nSPS) is 14.7. The molecule has 0 radical (unpaired) electrons. The van der Waals surface area contributed by atoms with E-state index in [-0.39, 0.29) is 11.8 Å². The minimum absolute atomic E-state index is 0.0343. The molecule has 2 aromatic carbocycles. The third-order valence-electron chi connectivity index (χ3n) is 3.98. The van der Waals surface area contributed by atoms with Gasteiger partial charge >= 0.3 is 0 Å². The van der Waals surface area contributed by atoms with Gasteiger partial charge in [0.1, 0.15) is 0 Å². The van der Waals surface area contributed by atoms with E-state index in [1.807, 2.05) is 64.4 Å². The molecule has 0 unspecified atom stereocenters. The summed E-state index contributed by atoms with van der Waals surface area (Å²) < 4.78 is 0.956. The van der Waals surface area contributed by atoms with Gasteiger partial charge in [-0.05, 0) is 46.9 Å². The van der Waals surface area contributed by atoms with E-state index in [1.54, 1.807) is 0 Å². The van der Waals surface area contributed by atoms with Crippen molar-refractivity contribution >= 4 is 34.4 Å². The van der Waals surface area contributed by atoms with Gasteiger partial charge in [0, 0.05) is 35.3 Å². The first-order valence-corrected chi connectivity index (χ1v) is 8.63. The summed E-state index contributed by atoms with van der Waals surface area (Å²) in [5, 5.41) is 0. The molecule has 0 saturated carbocycles. The first-order valence-electron chi connectivity index (χ1n) is 7.55. The van der Waals surface area contributed by atoms with Crippen LogP contribution in [-0.2, 0) is 0 Å². The van der Waals surface area contributed by atoms with Gasteiger partial charge in [-0.25, -0.2) is 0 Å². The van der Waals surface area contributed by atoms with E-state index >= 15 is 0 Å². The van der Waals surface area contributed by atoms with Gasteiger partial charge < -0.3 is 9.80 Å². The summed E-state index contributed by atoms with van der Waals surface area (Å²) in [4.78, 5) is 28.6. The lowest BCUT2D eigenvalue weighted by atomic mass is 10.1. The smallest absolute Gasteiger partial charge is 0.255 e. The number of benzene rings is 2. The molecule has 1 fully saturated rings. The van der Waals surface area contributed by atoms with E-state index in [2.05, 4.69) is 22.6 Å². The molecule has 0 atom stereocenters. The first kappa shape index (κ1) is 16.0. The van der Waals surface area contributed by atoms with Gasteiger partial charge in [0.05, 0.1) is 5.56 Å². The Balaban J connectivity index is 1.64. The Hall–Kier alpha value is -1.89. The molecule has 2 aromatic rings. The van der Waals surface area contributed by atoms with E-state index < -0.39 is 0 Å². The van der Waals surface area contributed by atoms with Gasteiger partial charge in [-0.3, -0.25) is 9.59 Å². The van der Waals surface area contributed by atoms with Crippen molar-refractivity contribution in [2.75, 3.05) is 26.2 Å². The molecule has 1 heterocycles. The summed E-state index contributed by atoms with van der Waals surface area (Å²) in [6.07, 6.45) is 0. The molecule has 4 nitrogen and oxygen atoms in total. The minimum atomic E-state index is 0.0343. The van der Waals surface area contributed by atoms with Crippen molar-refractivity contribution < 1.29 is 9.59 Å². The van der Waals surface area contributed by atoms with E-state index in [0.29, 0.717) is 31.7 Å². The Morgan fingerprint density at radius 3 is 1.87 bits per heavy atom. The highest BCUT2D eigenvalue weighted by molar-refractivity contribution is 14.1. The molecule has 0 spiro atoms. The summed E-state index contributed by atoms with van der Waals surface area (Å²) in [6, 6.07) is 16.9. The molecule has 1 aliphatic heterocycles. The summed E-state index contributed by atoms with van der Waals surface area (Å²) >= 11 is 2.18. The van der Waals surface area contributed by atoms with Crippen molar-refractivity contribution in [1.29, 1.82) is 0 Å². The van der Waals surface area contributed by atoms with Crippen LogP contribution in [-0.4, -0.2) is 47.8 Å². The Labute approximate surface area is 149 Å². The number of nitrogens with zero attached hydrogens (tertiary/aromatic N) is 2. The van der Waals surface area contributed by atoms with Crippen LogP contribution in [0.2, 0.25) is 0 Å². The van der Waals surface area contributed by atoms with E-state index in [1.165, 1.54) is 0 Å². The fraction of sp³-hybridized carbons (Fsp3) is 0.222. The molecule has 1 saturated heterocycles. The minimum Gasteiger partial charge on any atom is -0.335 e. The average molecular weight is 420 g/mol. The van der Waals surface area contributed by atoms with Crippen LogP contribution in [0.3, 0.4) is 0 Å². The van der Waals surface area contributed by atoms with Gasteiger partial charge in [0.25, 0.3) is 11.8 Å². The molecule has 0 bridgehead atoms. The summed E-state index contributed by atoms with van der Waals surface area (Å²) in [5.74, 6) is 0.0776. The zero-order valence-electron chi connectivity index (χ0n) is 12.6. The molecule has 118 valence electrons. The fourth-order valence-corrected chi connectivity index (χ4v) is 3.30. The molecular formula is C18H17IN2O2. The Morgan fingerprint density at radius 1 is 0.739 bits per heavy atom. The maximum atomic E-state index is 12.6. The maximum Gasteiger partial charge on any atom is 0.255 e. The van der Waals surface area contributed by atoms with Crippen LogP contribution in [0.1, 0.15) is 20.7 Å². The predicted octanol–water partition coefficient (Wildman–Crippen LogP) is 2.89. The van der Waals surface area contributed by atoms with E-state index in [9.17, 15) is 9.59 Å². The lowest BCUT2D eigenvalue weighted by Crippen LogP contribution is -2.50. The number of amides is 2. The molecule has 0 aliphatic carbocycles. The van der Waals surface area contributed by atoms with Gasteiger partial charge in [-0.15, -0.1) is 0 Å². The van der Waals surface area contributed by atoms with E-state index in [4.69, 9.17) is 0 Å². The molecule has 1 aliphatic rings. The number of carbonyl (C=O) groups excluding carboxylic acids is 2. The zero-order chi connectivity index (χ0) is 16.2. The third kappa shape index (κ3) is 3.55. The number of hydrogen-bond acceptors (Lipinski definition) is 2. The quantitative estimate of drug-likeness (QED) is 0.702. The molecule has 0 aromatic heterocycles. The number of carbonyl (C=O) groups is 2. The Bertz CT molecular complexity index is 710. The summed E-state index contributed by atoms with van der Waals surface area (Å²) in [6.45, 7) is 2.29. The van der Waals surface area contributed by atoms with Crippen molar-refractivity contribution in [3.63, 3.8) is 0 Å². The second kappa shape index (κ2) is 7.12. The van der Waals surface area contributed by atoms with Crippen molar-refractivity contribution in [1.82, 2.24) is 9.80 Å². The van der Waals surface area contributed by atoms with Gasteiger partial charge in [0.2, 0.25) is 0 Å². The summed E-state index contributed by atoms with van der Waals surface area (Å²) in [5.41, 5.74) is 1.43. The lowest BCUT2D eigenvalue weighted by molar-refractivity contribution is 0.0535. The maximum absolute atomic E-state index is 12.6. The van der Waals surface area contributed by atoms with Gasteiger partial charge in [-0.2, -0.15) is 0 Å². The molecule has 23 heavy (non-hydrogen) atoms. The number of hydrogen-bond donors (Lipinski definition) is 0. The highest BCUT2D eigenvalue weighted by Crippen LogP contribution is 2.16. The largest absolute Gasteiger partial charge is 0.335 e. The lowest BCUT2D eigenvalue weighted by Gasteiger charge is -2.35. The van der Waals surface area contributed by atoms with Crippen molar-refractivity contribution in [2.24, 2.45) is 0 Å². The van der Waals surface area contributed by atoms with Crippen molar-refractivity contribution in [3.05, 3.63) is 69.3 Å². The zero-order valence-corrected chi connectivity index (χ0v) is 14.8. The molecular weight excluding hydrogens is 403 g/mol. The monoisotopic (exact) mass is 420 g/mol. The van der Waals surface area contributed by atoms with Crippen LogP contribution in [0.5, 0.6) is 0 Å². The highest BCUT2D eigenvalue weighted by Gasteiger charge is 2.26. The predicted molar refractivity (Wildman–Crippen MR) is 97.4 cm³/mol. The number of piperazine rings is 1. The standard InChI is InChI=1S/C18H17IN2O2/c19-16-9-5-4-8-15(16)18(23)21-12-10-20(11-13-21)17(22)14-6-2-1-3-7-14/h1-9H,10-13H2. The van der Waals surface area contributed by atoms with Crippen molar-refractivity contribution in [3.8, 4) is 0 Å². The van der Waals surface area contributed by atoms with Crippen LogP contribution in [0, 0.1) is 3.57 Å². The Kier molecular flexibility index (Phi) is 4.95. The second-order valence-electron chi connectivity index (χ2n) is 5.43. The van der Waals surface area contributed by atoms with Crippen LogP contribution in [0.25, 0.3) is 0 Å². The Morgan fingerprint density at radius 2 is 1.26 bits per heavy atom. The van der Waals surface area contributed by atoms with Gasteiger partial charge in [0.15, 0.2) is 0 Å². The molecule has 5 heteroatoms.